The molecule has 2 heterocycles. The Morgan fingerprint density at radius 3 is 2.95 bits per heavy atom. The lowest BCUT2D eigenvalue weighted by Crippen LogP contribution is -2.13. The van der Waals surface area contributed by atoms with Crippen molar-refractivity contribution in [2.75, 3.05) is 6.54 Å². The first-order chi connectivity index (χ1) is 9.38. The van der Waals surface area contributed by atoms with Gasteiger partial charge in [-0.05, 0) is 18.7 Å². The Morgan fingerprint density at radius 1 is 1.32 bits per heavy atom. The quantitative estimate of drug-likeness (QED) is 0.775. The van der Waals surface area contributed by atoms with Crippen LogP contribution in [-0.2, 0) is 6.54 Å². The summed E-state index contributed by atoms with van der Waals surface area (Å²) < 4.78 is 7.96. The first kappa shape index (κ1) is 12.2. The molecule has 4 nitrogen and oxygen atoms in total. The molecule has 0 fully saturated rings. The number of imidazole rings is 1. The molecule has 3 rings (SSSR count). The third-order valence-electron chi connectivity index (χ3n) is 2.82. The van der Waals surface area contributed by atoms with Crippen molar-refractivity contribution in [1.82, 2.24) is 14.7 Å². The zero-order chi connectivity index (χ0) is 13.1. The van der Waals surface area contributed by atoms with Gasteiger partial charge in [0, 0.05) is 18.1 Å². The van der Waals surface area contributed by atoms with Crippen LogP contribution in [-0.4, -0.2) is 15.9 Å². The van der Waals surface area contributed by atoms with Gasteiger partial charge in [-0.15, -0.1) is 11.3 Å². The van der Waals surface area contributed by atoms with Gasteiger partial charge in [-0.1, -0.05) is 25.1 Å². The van der Waals surface area contributed by atoms with Crippen LogP contribution in [0.1, 0.15) is 12.6 Å². The van der Waals surface area contributed by atoms with Crippen molar-refractivity contribution >= 4 is 16.3 Å². The van der Waals surface area contributed by atoms with E-state index in [4.69, 9.17) is 4.74 Å². The Bertz CT molecular complexity index is 660. The van der Waals surface area contributed by atoms with E-state index in [1.807, 2.05) is 41.9 Å². The van der Waals surface area contributed by atoms with E-state index in [2.05, 4.69) is 21.6 Å². The second-order valence-electron chi connectivity index (χ2n) is 4.11. The van der Waals surface area contributed by atoms with Gasteiger partial charge in [-0.2, -0.15) is 4.98 Å². The maximum absolute atomic E-state index is 5.88. The largest absolute Gasteiger partial charge is 0.437 e. The third kappa shape index (κ3) is 2.47. The number of aromatic nitrogens is 2. The van der Waals surface area contributed by atoms with Crippen molar-refractivity contribution in [3.8, 4) is 11.6 Å². The third-order valence-corrected chi connectivity index (χ3v) is 3.58. The Balaban J connectivity index is 1.95. The van der Waals surface area contributed by atoms with Gasteiger partial charge in [-0.25, -0.2) is 0 Å². The van der Waals surface area contributed by atoms with Gasteiger partial charge in [0.2, 0.25) is 5.88 Å². The van der Waals surface area contributed by atoms with Crippen LogP contribution in [0.4, 0.5) is 0 Å². The smallest absolute Gasteiger partial charge is 0.243 e. The summed E-state index contributed by atoms with van der Waals surface area (Å²) in [6, 6.07) is 9.75. The lowest BCUT2D eigenvalue weighted by atomic mass is 10.3. The van der Waals surface area contributed by atoms with Crippen LogP contribution in [0.3, 0.4) is 0 Å². The number of rotatable bonds is 5. The number of nitrogens with one attached hydrogen (secondary N) is 1. The zero-order valence-corrected chi connectivity index (χ0v) is 11.5. The van der Waals surface area contributed by atoms with E-state index in [1.54, 1.807) is 11.3 Å². The molecule has 0 aliphatic heterocycles. The molecule has 0 bridgehead atoms. The van der Waals surface area contributed by atoms with Crippen molar-refractivity contribution in [2.24, 2.45) is 0 Å². The van der Waals surface area contributed by atoms with Gasteiger partial charge in [0.05, 0.1) is 0 Å². The van der Waals surface area contributed by atoms with E-state index in [0.717, 1.165) is 29.5 Å². The highest BCUT2D eigenvalue weighted by Gasteiger charge is 2.14. The predicted molar refractivity (Wildman–Crippen MR) is 77.0 cm³/mol. The second-order valence-corrected chi connectivity index (χ2v) is 4.99. The van der Waals surface area contributed by atoms with E-state index in [9.17, 15) is 0 Å². The van der Waals surface area contributed by atoms with E-state index < -0.39 is 0 Å². The molecular formula is C14H15N3OS. The van der Waals surface area contributed by atoms with Gasteiger partial charge in [-0.3, -0.25) is 4.40 Å². The standard InChI is InChI=1S/C14H15N3OS/c1-2-15-10-12-13(16-14-17(12)8-9-19-14)18-11-6-4-3-5-7-11/h3-9,15H,2,10H2,1H3. The average molecular weight is 273 g/mol. The molecule has 0 atom stereocenters. The fraction of sp³-hybridized carbons (Fsp3) is 0.214. The summed E-state index contributed by atoms with van der Waals surface area (Å²) >= 11 is 1.61. The summed E-state index contributed by atoms with van der Waals surface area (Å²) in [5, 5.41) is 5.35. The van der Waals surface area contributed by atoms with E-state index in [1.165, 1.54) is 0 Å². The lowest BCUT2D eigenvalue weighted by Gasteiger charge is -2.06. The Morgan fingerprint density at radius 2 is 2.16 bits per heavy atom. The van der Waals surface area contributed by atoms with Crippen LogP contribution >= 0.6 is 11.3 Å². The van der Waals surface area contributed by atoms with E-state index >= 15 is 0 Å². The van der Waals surface area contributed by atoms with Crippen LogP contribution < -0.4 is 10.1 Å². The van der Waals surface area contributed by atoms with Gasteiger partial charge in [0.1, 0.15) is 11.4 Å². The molecule has 5 heteroatoms. The molecule has 3 aromatic rings. The first-order valence-electron chi connectivity index (χ1n) is 6.26. The number of nitrogens with zero attached hydrogens (tertiary/aromatic N) is 2. The number of hydrogen-bond acceptors (Lipinski definition) is 4. The maximum atomic E-state index is 5.88. The van der Waals surface area contributed by atoms with Crippen LogP contribution in [0, 0.1) is 0 Å². The van der Waals surface area contributed by atoms with Gasteiger partial charge >= 0.3 is 0 Å². The highest BCUT2D eigenvalue weighted by atomic mass is 32.1. The number of fused-ring (bicyclic) bond motifs is 1. The topological polar surface area (TPSA) is 38.6 Å². The van der Waals surface area contributed by atoms with Crippen LogP contribution in [0.5, 0.6) is 11.6 Å². The second kappa shape index (κ2) is 5.42. The molecule has 0 saturated carbocycles. The number of benzene rings is 1. The Hall–Kier alpha value is -1.85. The van der Waals surface area contributed by atoms with E-state index in [-0.39, 0.29) is 0 Å². The summed E-state index contributed by atoms with van der Waals surface area (Å²) in [7, 11) is 0. The van der Waals surface area contributed by atoms with Crippen LogP contribution in [0.25, 0.3) is 4.96 Å². The average Bonchev–Trinajstić information content (AvgIpc) is 2.99. The Labute approximate surface area is 115 Å². The van der Waals surface area contributed by atoms with Crippen LogP contribution in [0.2, 0.25) is 0 Å². The molecule has 1 N–H and O–H groups in total. The molecule has 0 radical (unpaired) electrons. The summed E-state index contributed by atoms with van der Waals surface area (Å²) in [6.45, 7) is 3.75. The van der Waals surface area contributed by atoms with E-state index in [0.29, 0.717) is 5.88 Å². The maximum Gasteiger partial charge on any atom is 0.243 e. The number of hydrogen-bond donors (Lipinski definition) is 1. The summed E-state index contributed by atoms with van der Waals surface area (Å²) in [5.41, 5.74) is 1.06. The zero-order valence-electron chi connectivity index (χ0n) is 10.7. The molecule has 0 spiro atoms. The molecule has 98 valence electrons. The summed E-state index contributed by atoms with van der Waals surface area (Å²) in [5.74, 6) is 1.49. The van der Waals surface area contributed by atoms with Gasteiger partial charge in [0.25, 0.3) is 0 Å². The highest BCUT2D eigenvalue weighted by Crippen LogP contribution is 2.27. The minimum Gasteiger partial charge on any atom is -0.437 e. The first-order valence-corrected chi connectivity index (χ1v) is 7.14. The summed E-state index contributed by atoms with van der Waals surface area (Å²) in [4.78, 5) is 5.50. The molecule has 0 aliphatic rings. The molecule has 2 aromatic heterocycles. The van der Waals surface area contributed by atoms with Crippen molar-refractivity contribution < 1.29 is 4.74 Å². The SMILES string of the molecule is CCNCc1c(Oc2ccccc2)nc2sccn12. The monoisotopic (exact) mass is 273 g/mol. The van der Waals surface area contributed by atoms with Crippen molar-refractivity contribution in [2.45, 2.75) is 13.5 Å². The molecule has 1 aromatic carbocycles. The number of ether oxygens (including phenoxy) is 1. The Kier molecular flexibility index (Phi) is 3.48. The molecule has 0 unspecified atom stereocenters. The van der Waals surface area contributed by atoms with Crippen molar-refractivity contribution in [3.63, 3.8) is 0 Å². The fourth-order valence-electron chi connectivity index (χ4n) is 1.90. The molecule has 19 heavy (non-hydrogen) atoms. The fourth-order valence-corrected chi connectivity index (χ4v) is 2.62. The number of para-hydroxylation sites is 1. The normalized spacial score (nSPS) is 11.0. The molecule has 0 amide bonds. The lowest BCUT2D eigenvalue weighted by molar-refractivity contribution is 0.456. The van der Waals surface area contributed by atoms with Gasteiger partial charge < -0.3 is 10.1 Å². The van der Waals surface area contributed by atoms with Gasteiger partial charge in [0.15, 0.2) is 4.96 Å². The van der Waals surface area contributed by atoms with Crippen molar-refractivity contribution in [3.05, 3.63) is 47.6 Å². The summed E-state index contributed by atoms with van der Waals surface area (Å²) in [6.07, 6.45) is 2.03. The predicted octanol–water partition coefficient (Wildman–Crippen LogP) is 3.30. The van der Waals surface area contributed by atoms with Crippen molar-refractivity contribution in [1.29, 1.82) is 0 Å². The minimum atomic E-state index is 0.680. The molecular weight excluding hydrogens is 258 g/mol. The van der Waals surface area contributed by atoms with Crippen LogP contribution in [0.15, 0.2) is 41.9 Å². The molecule has 0 aliphatic carbocycles. The number of thiazole rings is 1. The minimum absolute atomic E-state index is 0.680. The highest BCUT2D eigenvalue weighted by molar-refractivity contribution is 7.15. The molecule has 0 saturated heterocycles.